The standard InChI is InChI=1S/C14H14F16NO4P/c1-3-31(4-2)36(32-5-9(15,16)17,33-6-10(18,19)20)34-7(8(35-36)12(22,23)24)11(21,13(25,26)27)14(28,29)30/h3-6H2,1-2H3. The molecule has 0 spiro atoms. The van der Waals surface area contributed by atoms with E-state index in [-0.39, 0.29) is 4.67 Å². The monoisotopic (exact) mass is 595 g/mol. The van der Waals surface area contributed by atoms with Crippen LogP contribution >= 0.6 is 7.66 Å². The molecule has 0 amide bonds. The molecule has 0 unspecified atom stereocenters. The second-order valence-corrected chi connectivity index (χ2v) is 9.68. The Kier molecular flexibility index (Phi) is 8.48. The first-order chi connectivity index (χ1) is 15.7. The number of hydrogen-bond donors (Lipinski definition) is 0. The second kappa shape index (κ2) is 9.37. The van der Waals surface area contributed by atoms with Crippen molar-refractivity contribution in [2.24, 2.45) is 0 Å². The fourth-order valence-corrected chi connectivity index (χ4v) is 6.23. The molecule has 0 aromatic carbocycles. The van der Waals surface area contributed by atoms with E-state index in [9.17, 15) is 70.2 Å². The molecule has 5 nitrogen and oxygen atoms in total. The van der Waals surface area contributed by atoms with E-state index in [4.69, 9.17) is 0 Å². The molecule has 1 heterocycles. The first kappa shape index (κ1) is 32.6. The molecule has 36 heavy (non-hydrogen) atoms. The number of rotatable bonds is 8. The third kappa shape index (κ3) is 6.15. The Hall–Kier alpha value is -1.47. The Morgan fingerprint density at radius 1 is 0.611 bits per heavy atom. The molecule has 0 N–H and O–H groups in total. The van der Waals surface area contributed by atoms with Crippen LogP contribution in [-0.4, -0.2) is 67.5 Å². The topological polar surface area (TPSA) is 40.2 Å². The van der Waals surface area contributed by atoms with Crippen molar-refractivity contribution in [3.05, 3.63) is 11.5 Å². The van der Waals surface area contributed by atoms with Gasteiger partial charge in [0.25, 0.3) is 0 Å². The molecule has 0 aromatic heterocycles. The van der Waals surface area contributed by atoms with Crippen LogP contribution in [0.25, 0.3) is 0 Å². The Morgan fingerprint density at radius 2 is 0.944 bits per heavy atom. The molecule has 0 atom stereocenters. The third-order valence-corrected chi connectivity index (χ3v) is 7.71. The first-order valence-corrected chi connectivity index (χ1v) is 10.8. The normalized spacial score (nSPS) is 20.7. The van der Waals surface area contributed by atoms with E-state index in [0.717, 1.165) is 13.8 Å². The second-order valence-electron chi connectivity index (χ2n) is 6.68. The maximum absolute atomic E-state index is 14.7. The summed E-state index contributed by atoms with van der Waals surface area (Å²) >= 11 is 0. The van der Waals surface area contributed by atoms with Crippen LogP contribution in [0.3, 0.4) is 0 Å². The van der Waals surface area contributed by atoms with Gasteiger partial charge in [-0.3, -0.25) is 0 Å². The van der Waals surface area contributed by atoms with Crippen LogP contribution in [0.2, 0.25) is 0 Å². The number of alkyl halides is 16. The summed E-state index contributed by atoms with van der Waals surface area (Å²) in [5.41, 5.74) is -7.15. The fraction of sp³-hybridized carbons (Fsp3) is 0.857. The maximum atomic E-state index is 14.7. The molecule has 0 aromatic rings. The van der Waals surface area contributed by atoms with Crippen LogP contribution in [0.15, 0.2) is 11.5 Å². The zero-order valence-corrected chi connectivity index (χ0v) is 18.3. The fourth-order valence-electron chi connectivity index (χ4n) is 2.69. The van der Waals surface area contributed by atoms with E-state index in [1.807, 2.05) is 0 Å². The van der Waals surface area contributed by atoms with Crippen molar-refractivity contribution in [3.8, 4) is 0 Å². The third-order valence-electron chi connectivity index (χ3n) is 4.13. The van der Waals surface area contributed by atoms with Crippen molar-refractivity contribution < 1.29 is 88.3 Å². The van der Waals surface area contributed by atoms with Gasteiger partial charge in [-0.2, -0.15) is 0 Å². The van der Waals surface area contributed by atoms with Crippen LogP contribution < -0.4 is 0 Å². The Bertz CT molecular complexity index is 791. The van der Waals surface area contributed by atoms with Gasteiger partial charge in [0.2, 0.25) is 0 Å². The summed E-state index contributed by atoms with van der Waals surface area (Å²) in [6, 6.07) is 0. The summed E-state index contributed by atoms with van der Waals surface area (Å²) in [6.07, 6.45) is -32.7. The first-order valence-electron chi connectivity index (χ1n) is 8.94. The molecule has 0 saturated carbocycles. The van der Waals surface area contributed by atoms with Gasteiger partial charge in [-0.1, -0.05) is 0 Å². The van der Waals surface area contributed by atoms with Crippen molar-refractivity contribution in [1.29, 1.82) is 0 Å². The molecule has 1 rings (SSSR count). The van der Waals surface area contributed by atoms with Gasteiger partial charge in [0.15, 0.2) is 0 Å². The van der Waals surface area contributed by atoms with E-state index in [2.05, 4.69) is 18.1 Å². The Morgan fingerprint density at radius 3 is 1.19 bits per heavy atom. The van der Waals surface area contributed by atoms with Gasteiger partial charge >= 0.3 is 189 Å². The Labute approximate surface area is 190 Å². The molecule has 0 radical (unpaired) electrons. The van der Waals surface area contributed by atoms with Gasteiger partial charge < -0.3 is 0 Å². The summed E-state index contributed by atoms with van der Waals surface area (Å²) in [6.45, 7) is -6.62. The van der Waals surface area contributed by atoms with Crippen molar-refractivity contribution in [3.63, 3.8) is 0 Å². The van der Waals surface area contributed by atoms with E-state index in [1.165, 1.54) is 0 Å². The van der Waals surface area contributed by atoms with Crippen molar-refractivity contribution in [2.45, 2.75) is 50.4 Å². The summed E-state index contributed by atoms with van der Waals surface area (Å²) < 4.78 is 227. The van der Waals surface area contributed by atoms with Crippen LogP contribution in [-0.2, 0) is 18.1 Å². The van der Waals surface area contributed by atoms with Crippen molar-refractivity contribution in [1.82, 2.24) is 4.67 Å². The molecule has 0 fully saturated rings. The van der Waals surface area contributed by atoms with Gasteiger partial charge in [0.05, 0.1) is 0 Å². The van der Waals surface area contributed by atoms with E-state index >= 15 is 0 Å². The molecule has 216 valence electrons. The van der Waals surface area contributed by atoms with Crippen molar-refractivity contribution >= 4 is 7.66 Å². The molecular weight excluding hydrogens is 581 g/mol. The predicted octanol–water partition coefficient (Wildman–Crippen LogP) is 7.27. The zero-order chi connectivity index (χ0) is 28.8. The van der Waals surface area contributed by atoms with Gasteiger partial charge in [0, 0.05) is 0 Å². The van der Waals surface area contributed by atoms with Gasteiger partial charge in [-0.15, -0.1) is 0 Å². The molecule has 0 aliphatic carbocycles. The van der Waals surface area contributed by atoms with E-state index < -0.39 is 82.0 Å². The van der Waals surface area contributed by atoms with Gasteiger partial charge in [-0.25, -0.2) is 0 Å². The summed E-state index contributed by atoms with van der Waals surface area (Å²) in [7, 11) is -7.69. The number of nitrogens with zero attached hydrogens (tertiary/aromatic N) is 1. The van der Waals surface area contributed by atoms with Gasteiger partial charge in [0.1, 0.15) is 0 Å². The average Bonchev–Trinajstić information content (AvgIpc) is 3.01. The molecule has 0 saturated heterocycles. The van der Waals surface area contributed by atoms with Crippen LogP contribution in [0.4, 0.5) is 70.2 Å². The Balaban J connectivity index is 4.14. The SMILES string of the molecule is CCN(CC)P1(OCC(F)(F)F)(OCC(F)(F)F)OC(C(F)(F)F)=C(C(F)(C(F)(F)F)C(F)(F)F)O1. The number of hydrogen-bond acceptors (Lipinski definition) is 5. The van der Waals surface area contributed by atoms with E-state index in [1.54, 1.807) is 0 Å². The van der Waals surface area contributed by atoms with Crippen molar-refractivity contribution in [2.75, 3.05) is 26.3 Å². The van der Waals surface area contributed by atoms with Crippen LogP contribution in [0.5, 0.6) is 0 Å². The van der Waals surface area contributed by atoms with Gasteiger partial charge in [-0.05, 0) is 0 Å². The average molecular weight is 595 g/mol. The minimum atomic E-state index is -7.69. The minimum absolute atomic E-state index is 0.213. The molecular formula is C14H14F16NO4P. The summed E-state index contributed by atoms with van der Waals surface area (Å²) in [5.74, 6) is -7.60. The molecule has 0 bridgehead atoms. The number of allylic oxidation sites excluding steroid dienone is 2. The quantitative estimate of drug-likeness (QED) is 0.218. The van der Waals surface area contributed by atoms with Crippen LogP contribution in [0, 0.1) is 0 Å². The predicted molar refractivity (Wildman–Crippen MR) is 85.1 cm³/mol. The summed E-state index contributed by atoms with van der Waals surface area (Å²) in [4.78, 5) is 0. The van der Waals surface area contributed by atoms with E-state index in [0.29, 0.717) is 0 Å². The zero-order valence-electron chi connectivity index (χ0n) is 17.4. The molecule has 1 aliphatic heterocycles. The number of halogens is 16. The molecule has 1 aliphatic rings. The molecule has 22 heteroatoms. The summed E-state index contributed by atoms with van der Waals surface area (Å²) in [5, 5.41) is 0. The van der Waals surface area contributed by atoms with Crippen LogP contribution in [0.1, 0.15) is 13.8 Å².